The zero-order chi connectivity index (χ0) is 17.4. The van der Waals surface area contributed by atoms with Gasteiger partial charge in [-0.1, -0.05) is 12.1 Å². The van der Waals surface area contributed by atoms with Crippen LogP contribution in [0.1, 0.15) is 34.1 Å². The zero-order valence-electron chi connectivity index (χ0n) is 13.4. The molecule has 1 aliphatic heterocycles. The van der Waals surface area contributed by atoms with Crippen LogP contribution in [-0.4, -0.2) is 28.9 Å². The van der Waals surface area contributed by atoms with Crippen LogP contribution in [-0.2, 0) is 0 Å². The van der Waals surface area contributed by atoms with E-state index in [9.17, 15) is 13.6 Å². The minimum atomic E-state index is -0.813. The Morgan fingerprint density at radius 2 is 2.04 bits per heavy atom. The van der Waals surface area contributed by atoms with Gasteiger partial charge in [-0.25, -0.2) is 13.8 Å². The maximum absolute atomic E-state index is 13.9. The number of benzene rings is 2. The topological polar surface area (TPSA) is 33.2 Å². The number of carbonyl (C=O) groups excluding carboxylic acids is 1. The Bertz CT molecular complexity index is 907. The molecule has 1 saturated heterocycles. The van der Waals surface area contributed by atoms with E-state index in [1.807, 2.05) is 24.3 Å². The molecule has 128 valence electrons. The van der Waals surface area contributed by atoms with E-state index >= 15 is 0 Å². The highest BCUT2D eigenvalue weighted by molar-refractivity contribution is 7.18. The van der Waals surface area contributed by atoms with Crippen LogP contribution in [0.25, 0.3) is 10.2 Å². The lowest BCUT2D eigenvalue weighted by atomic mass is 9.98. The molecule has 0 N–H and O–H groups in total. The molecule has 4 rings (SSSR count). The van der Waals surface area contributed by atoms with E-state index < -0.39 is 11.6 Å². The average Bonchev–Trinajstić information content (AvgIpc) is 3.05. The number of para-hydroxylation sites is 1. The van der Waals surface area contributed by atoms with Crippen LogP contribution in [0.4, 0.5) is 8.78 Å². The van der Waals surface area contributed by atoms with E-state index in [2.05, 4.69) is 4.98 Å². The van der Waals surface area contributed by atoms with E-state index in [4.69, 9.17) is 0 Å². The van der Waals surface area contributed by atoms with Crippen LogP contribution in [0, 0.1) is 11.6 Å². The van der Waals surface area contributed by atoms with Crippen molar-refractivity contribution in [2.24, 2.45) is 0 Å². The number of halogens is 2. The van der Waals surface area contributed by atoms with Gasteiger partial charge in [0.1, 0.15) is 11.6 Å². The fraction of sp³-hybridized carbons (Fsp3) is 0.263. The van der Waals surface area contributed by atoms with Gasteiger partial charge in [0.2, 0.25) is 0 Å². The summed E-state index contributed by atoms with van der Waals surface area (Å²) in [7, 11) is 0. The number of hydrogen-bond donors (Lipinski definition) is 0. The number of likely N-dealkylation sites (tertiary alicyclic amines) is 1. The molecule has 6 heteroatoms. The Morgan fingerprint density at radius 1 is 1.20 bits per heavy atom. The number of piperidine rings is 1. The minimum absolute atomic E-state index is 0.0775. The predicted molar refractivity (Wildman–Crippen MR) is 93.9 cm³/mol. The van der Waals surface area contributed by atoms with Gasteiger partial charge >= 0.3 is 0 Å². The first kappa shape index (κ1) is 16.1. The Morgan fingerprint density at radius 3 is 2.84 bits per heavy atom. The molecule has 0 unspecified atom stereocenters. The molecule has 2 aromatic carbocycles. The smallest absolute Gasteiger partial charge is 0.256 e. The average molecular weight is 358 g/mol. The number of hydrogen-bond acceptors (Lipinski definition) is 3. The van der Waals surface area contributed by atoms with E-state index in [1.54, 1.807) is 16.2 Å². The highest BCUT2D eigenvalue weighted by atomic mass is 32.1. The number of rotatable bonds is 2. The van der Waals surface area contributed by atoms with Crippen molar-refractivity contribution in [2.45, 2.75) is 18.8 Å². The van der Waals surface area contributed by atoms with E-state index in [0.717, 1.165) is 40.2 Å². The van der Waals surface area contributed by atoms with E-state index in [1.165, 1.54) is 6.07 Å². The van der Waals surface area contributed by atoms with Gasteiger partial charge < -0.3 is 4.90 Å². The first-order chi connectivity index (χ1) is 12.1. The maximum Gasteiger partial charge on any atom is 0.256 e. The Kier molecular flexibility index (Phi) is 4.21. The molecule has 25 heavy (non-hydrogen) atoms. The van der Waals surface area contributed by atoms with Gasteiger partial charge in [0, 0.05) is 25.1 Å². The van der Waals surface area contributed by atoms with Crippen LogP contribution in [0.2, 0.25) is 0 Å². The van der Waals surface area contributed by atoms with Crippen molar-refractivity contribution in [3.8, 4) is 0 Å². The third-order valence-corrected chi connectivity index (χ3v) is 5.73. The molecule has 0 aliphatic carbocycles. The fourth-order valence-corrected chi connectivity index (χ4v) is 4.35. The van der Waals surface area contributed by atoms with Gasteiger partial charge in [0.25, 0.3) is 5.91 Å². The molecule has 3 nitrogen and oxygen atoms in total. The van der Waals surface area contributed by atoms with Crippen molar-refractivity contribution in [1.29, 1.82) is 0 Å². The highest BCUT2D eigenvalue weighted by Gasteiger charge is 2.28. The van der Waals surface area contributed by atoms with Crippen LogP contribution >= 0.6 is 11.3 Å². The summed E-state index contributed by atoms with van der Waals surface area (Å²) in [6.45, 7) is 1.09. The van der Waals surface area contributed by atoms with Gasteiger partial charge in [-0.05, 0) is 37.1 Å². The SMILES string of the molecule is O=C(c1ccc(F)cc1F)N1CCC[C@H](c2nc3ccccc3s2)C1. The Balaban J connectivity index is 1.57. The van der Waals surface area contributed by atoms with Crippen LogP contribution in [0.3, 0.4) is 0 Å². The lowest BCUT2D eigenvalue weighted by Crippen LogP contribution is -2.39. The monoisotopic (exact) mass is 358 g/mol. The molecular weight excluding hydrogens is 342 g/mol. The number of thiazole rings is 1. The standard InChI is InChI=1S/C19H16F2N2OS/c20-13-7-8-14(15(21)10-13)19(24)23-9-3-4-12(11-23)18-22-16-5-1-2-6-17(16)25-18/h1-2,5-8,10,12H,3-4,9,11H2/t12-/m0/s1. The highest BCUT2D eigenvalue weighted by Crippen LogP contribution is 2.33. The zero-order valence-corrected chi connectivity index (χ0v) is 14.2. The summed E-state index contributed by atoms with van der Waals surface area (Å²) in [5.41, 5.74) is 0.891. The van der Waals surface area contributed by atoms with Gasteiger partial charge in [0.15, 0.2) is 0 Å². The summed E-state index contributed by atoms with van der Waals surface area (Å²) >= 11 is 1.65. The summed E-state index contributed by atoms with van der Waals surface area (Å²) in [5.74, 6) is -1.73. The van der Waals surface area contributed by atoms with Crippen LogP contribution < -0.4 is 0 Å². The molecule has 1 atom stereocenters. The minimum Gasteiger partial charge on any atom is -0.338 e. The third kappa shape index (κ3) is 3.14. The summed E-state index contributed by atoms with van der Waals surface area (Å²) in [4.78, 5) is 19.0. The Labute approximate surface area is 147 Å². The normalized spacial score (nSPS) is 17.8. The fourth-order valence-electron chi connectivity index (χ4n) is 3.26. The van der Waals surface area contributed by atoms with Gasteiger partial charge in [-0.2, -0.15) is 0 Å². The summed E-state index contributed by atoms with van der Waals surface area (Å²) in [5, 5.41) is 1.01. The Hall–Kier alpha value is -2.34. The summed E-state index contributed by atoms with van der Waals surface area (Å²) < 4.78 is 28.1. The van der Waals surface area contributed by atoms with Crippen molar-refractivity contribution in [2.75, 3.05) is 13.1 Å². The first-order valence-electron chi connectivity index (χ1n) is 8.21. The number of carbonyl (C=O) groups is 1. The lowest BCUT2D eigenvalue weighted by Gasteiger charge is -2.32. The van der Waals surface area contributed by atoms with Gasteiger partial charge in [0.05, 0.1) is 20.8 Å². The predicted octanol–water partition coefficient (Wildman–Crippen LogP) is 4.59. The molecule has 0 radical (unpaired) electrons. The molecule has 0 saturated carbocycles. The van der Waals surface area contributed by atoms with Crippen LogP contribution in [0.5, 0.6) is 0 Å². The number of amides is 1. The maximum atomic E-state index is 13.9. The molecule has 2 heterocycles. The summed E-state index contributed by atoms with van der Waals surface area (Å²) in [6.07, 6.45) is 1.80. The van der Waals surface area contributed by atoms with E-state index in [0.29, 0.717) is 13.1 Å². The molecular formula is C19H16F2N2OS. The largest absolute Gasteiger partial charge is 0.338 e. The van der Waals surface area contributed by atoms with Gasteiger partial charge in [-0.3, -0.25) is 4.79 Å². The third-order valence-electron chi connectivity index (χ3n) is 4.53. The van der Waals surface area contributed by atoms with Crippen molar-refractivity contribution >= 4 is 27.5 Å². The number of fused-ring (bicyclic) bond motifs is 1. The molecule has 1 aliphatic rings. The molecule has 0 bridgehead atoms. The summed E-state index contributed by atoms with van der Waals surface area (Å²) in [6, 6.07) is 11.0. The van der Waals surface area contributed by atoms with Crippen molar-refractivity contribution in [1.82, 2.24) is 9.88 Å². The second-order valence-corrected chi connectivity index (χ2v) is 7.30. The molecule has 1 fully saturated rings. The molecule has 0 spiro atoms. The quantitative estimate of drug-likeness (QED) is 0.671. The second-order valence-electron chi connectivity index (χ2n) is 6.23. The van der Waals surface area contributed by atoms with Crippen molar-refractivity contribution < 1.29 is 13.6 Å². The number of nitrogens with zero attached hydrogens (tertiary/aromatic N) is 2. The van der Waals surface area contributed by atoms with Crippen molar-refractivity contribution in [3.05, 3.63) is 64.7 Å². The number of aromatic nitrogens is 1. The lowest BCUT2D eigenvalue weighted by molar-refractivity contribution is 0.0702. The molecule has 1 amide bonds. The van der Waals surface area contributed by atoms with Gasteiger partial charge in [-0.15, -0.1) is 11.3 Å². The van der Waals surface area contributed by atoms with Crippen molar-refractivity contribution in [3.63, 3.8) is 0 Å². The molecule has 3 aromatic rings. The van der Waals surface area contributed by atoms with Crippen LogP contribution in [0.15, 0.2) is 42.5 Å². The van der Waals surface area contributed by atoms with E-state index in [-0.39, 0.29) is 17.4 Å². The second kappa shape index (κ2) is 6.52. The first-order valence-corrected chi connectivity index (χ1v) is 9.03. The molecule has 1 aromatic heterocycles.